The molecule has 1 aromatic rings. The standard InChI is InChI=1S/C13H15Cl3N2O3S/c14-13(15,16)12(19)18-11-8-22(20,21)7-10(11)17-6-9-4-2-1-3-5-9/h1-5,10-11,17H,6-8H2,(H,18,19)/t10-,11+/m0/s1. The maximum absolute atomic E-state index is 11.8. The Balaban J connectivity index is 2.02. The smallest absolute Gasteiger partial charge is 0.272 e. The second-order valence-electron chi connectivity index (χ2n) is 5.13. The molecule has 0 unspecified atom stereocenters. The normalized spacial score (nSPS) is 24.1. The summed E-state index contributed by atoms with van der Waals surface area (Å²) >= 11 is 16.5. The van der Waals surface area contributed by atoms with Crippen molar-refractivity contribution in [1.82, 2.24) is 10.6 Å². The van der Waals surface area contributed by atoms with Gasteiger partial charge in [0.05, 0.1) is 17.5 Å². The van der Waals surface area contributed by atoms with Crippen LogP contribution in [0.5, 0.6) is 0 Å². The first kappa shape index (κ1) is 17.8. The molecule has 1 aliphatic heterocycles. The summed E-state index contributed by atoms with van der Waals surface area (Å²) in [5, 5.41) is 5.62. The van der Waals surface area contributed by atoms with Gasteiger partial charge in [-0.25, -0.2) is 8.42 Å². The van der Waals surface area contributed by atoms with E-state index in [1.165, 1.54) is 0 Å². The van der Waals surface area contributed by atoms with Gasteiger partial charge < -0.3 is 10.6 Å². The first-order valence-electron chi connectivity index (χ1n) is 6.53. The van der Waals surface area contributed by atoms with Gasteiger partial charge in [-0.15, -0.1) is 0 Å². The molecule has 0 saturated carbocycles. The van der Waals surface area contributed by atoms with E-state index in [9.17, 15) is 13.2 Å². The lowest BCUT2D eigenvalue weighted by molar-refractivity contribution is -0.120. The summed E-state index contributed by atoms with van der Waals surface area (Å²) in [6.07, 6.45) is 0. The summed E-state index contributed by atoms with van der Waals surface area (Å²) in [5.74, 6) is -1.07. The highest BCUT2D eigenvalue weighted by atomic mass is 35.6. The fourth-order valence-electron chi connectivity index (χ4n) is 2.29. The van der Waals surface area contributed by atoms with E-state index in [-0.39, 0.29) is 11.5 Å². The second-order valence-corrected chi connectivity index (χ2v) is 9.56. The lowest BCUT2D eigenvalue weighted by Gasteiger charge is -2.22. The second kappa shape index (κ2) is 6.93. The third kappa shape index (κ3) is 4.99. The Morgan fingerprint density at radius 1 is 1.14 bits per heavy atom. The summed E-state index contributed by atoms with van der Waals surface area (Å²) in [6, 6.07) is 8.47. The molecule has 1 heterocycles. The van der Waals surface area contributed by atoms with Crippen molar-refractivity contribution in [1.29, 1.82) is 0 Å². The molecule has 1 amide bonds. The Morgan fingerprint density at radius 2 is 1.73 bits per heavy atom. The molecule has 9 heteroatoms. The quantitative estimate of drug-likeness (QED) is 0.769. The van der Waals surface area contributed by atoms with Gasteiger partial charge in [-0.3, -0.25) is 4.79 Å². The number of rotatable bonds is 4. The molecular formula is C13H15Cl3N2O3S. The highest BCUT2D eigenvalue weighted by Crippen LogP contribution is 2.27. The van der Waals surface area contributed by atoms with Gasteiger partial charge in [0, 0.05) is 12.6 Å². The number of benzene rings is 1. The van der Waals surface area contributed by atoms with Crippen molar-refractivity contribution in [3.8, 4) is 0 Å². The zero-order valence-electron chi connectivity index (χ0n) is 11.4. The van der Waals surface area contributed by atoms with Crippen LogP contribution in [0.2, 0.25) is 0 Å². The number of carbonyl (C=O) groups is 1. The number of nitrogens with one attached hydrogen (secondary N) is 2. The van der Waals surface area contributed by atoms with E-state index in [0.717, 1.165) is 5.56 Å². The van der Waals surface area contributed by atoms with Crippen LogP contribution in [0.15, 0.2) is 30.3 Å². The van der Waals surface area contributed by atoms with E-state index in [1.54, 1.807) is 0 Å². The van der Waals surface area contributed by atoms with Gasteiger partial charge in [-0.2, -0.15) is 0 Å². The number of hydrogen-bond donors (Lipinski definition) is 2. The van der Waals surface area contributed by atoms with Crippen LogP contribution in [-0.2, 0) is 21.2 Å². The van der Waals surface area contributed by atoms with Crippen LogP contribution in [0.25, 0.3) is 0 Å². The summed E-state index contributed by atoms with van der Waals surface area (Å²) < 4.78 is 21.5. The lowest BCUT2D eigenvalue weighted by atomic mass is 10.1. The predicted octanol–water partition coefficient (Wildman–Crippen LogP) is 1.43. The van der Waals surface area contributed by atoms with E-state index in [2.05, 4.69) is 10.6 Å². The minimum Gasteiger partial charge on any atom is -0.347 e. The van der Waals surface area contributed by atoms with E-state index in [4.69, 9.17) is 34.8 Å². The Morgan fingerprint density at radius 3 is 2.32 bits per heavy atom. The van der Waals surface area contributed by atoms with Crippen molar-refractivity contribution in [3.63, 3.8) is 0 Å². The number of alkyl halides is 3. The summed E-state index contributed by atoms with van der Waals surface area (Å²) in [5.41, 5.74) is 1.01. The predicted molar refractivity (Wildman–Crippen MR) is 87.9 cm³/mol. The van der Waals surface area contributed by atoms with Gasteiger partial charge in [-0.1, -0.05) is 65.1 Å². The number of sulfone groups is 1. The molecule has 0 radical (unpaired) electrons. The van der Waals surface area contributed by atoms with Crippen molar-refractivity contribution in [2.75, 3.05) is 11.5 Å². The van der Waals surface area contributed by atoms with Crippen LogP contribution in [0.1, 0.15) is 5.56 Å². The molecule has 1 aliphatic rings. The monoisotopic (exact) mass is 384 g/mol. The molecule has 1 aromatic carbocycles. The lowest BCUT2D eigenvalue weighted by Crippen LogP contribution is -2.51. The Hall–Kier alpha value is -0.530. The van der Waals surface area contributed by atoms with E-state index in [1.807, 2.05) is 30.3 Å². The maximum Gasteiger partial charge on any atom is 0.272 e. The molecule has 0 bridgehead atoms. The van der Waals surface area contributed by atoms with Crippen LogP contribution < -0.4 is 10.6 Å². The van der Waals surface area contributed by atoms with E-state index in [0.29, 0.717) is 6.54 Å². The molecule has 1 saturated heterocycles. The highest BCUT2D eigenvalue weighted by molar-refractivity contribution is 7.91. The first-order valence-corrected chi connectivity index (χ1v) is 9.48. The van der Waals surface area contributed by atoms with Crippen LogP contribution in [0.4, 0.5) is 0 Å². The molecule has 2 rings (SSSR count). The van der Waals surface area contributed by atoms with Crippen molar-refractivity contribution in [3.05, 3.63) is 35.9 Å². The minimum absolute atomic E-state index is 0.0648. The number of hydrogen-bond acceptors (Lipinski definition) is 4. The molecule has 2 N–H and O–H groups in total. The topological polar surface area (TPSA) is 75.3 Å². The van der Waals surface area contributed by atoms with Crippen molar-refractivity contribution in [2.45, 2.75) is 22.4 Å². The van der Waals surface area contributed by atoms with Crippen molar-refractivity contribution >= 4 is 50.5 Å². The molecule has 2 atom stereocenters. The van der Waals surface area contributed by atoms with E-state index < -0.39 is 31.6 Å². The first-order chi connectivity index (χ1) is 10.2. The molecule has 122 valence electrons. The molecule has 5 nitrogen and oxygen atoms in total. The Labute approximate surface area is 144 Å². The number of halogens is 3. The minimum atomic E-state index is -3.25. The average molecular weight is 386 g/mol. The third-order valence-corrected chi connectivity index (χ3v) is 5.59. The molecule has 22 heavy (non-hydrogen) atoms. The maximum atomic E-state index is 11.8. The molecule has 0 aromatic heterocycles. The van der Waals surface area contributed by atoms with E-state index >= 15 is 0 Å². The highest BCUT2D eigenvalue weighted by Gasteiger charge is 2.41. The van der Waals surface area contributed by atoms with Crippen molar-refractivity contribution < 1.29 is 13.2 Å². The molecular weight excluding hydrogens is 371 g/mol. The van der Waals surface area contributed by atoms with Crippen LogP contribution in [0.3, 0.4) is 0 Å². The van der Waals surface area contributed by atoms with Gasteiger partial charge in [0.1, 0.15) is 0 Å². The number of carbonyl (C=O) groups excluding carboxylic acids is 1. The van der Waals surface area contributed by atoms with Crippen LogP contribution in [0, 0.1) is 0 Å². The fourth-order valence-corrected chi connectivity index (χ4v) is 4.35. The van der Waals surface area contributed by atoms with Gasteiger partial charge in [0.2, 0.25) is 0 Å². The van der Waals surface area contributed by atoms with Gasteiger partial charge in [0.25, 0.3) is 9.70 Å². The largest absolute Gasteiger partial charge is 0.347 e. The Bertz CT molecular complexity index is 632. The fraction of sp³-hybridized carbons (Fsp3) is 0.462. The average Bonchev–Trinajstić information content (AvgIpc) is 2.71. The molecule has 0 spiro atoms. The zero-order valence-corrected chi connectivity index (χ0v) is 14.5. The molecule has 0 aliphatic carbocycles. The summed E-state index contributed by atoms with van der Waals surface area (Å²) in [4.78, 5) is 11.7. The third-order valence-electron chi connectivity index (χ3n) is 3.34. The summed E-state index contributed by atoms with van der Waals surface area (Å²) in [7, 11) is -3.25. The summed E-state index contributed by atoms with van der Waals surface area (Å²) in [6.45, 7) is 0.487. The van der Waals surface area contributed by atoms with Crippen molar-refractivity contribution in [2.24, 2.45) is 0 Å². The Kier molecular flexibility index (Phi) is 5.61. The SMILES string of the molecule is O=C(N[C@@H]1CS(=O)(=O)C[C@@H]1NCc1ccccc1)C(Cl)(Cl)Cl. The van der Waals surface area contributed by atoms with Gasteiger partial charge >= 0.3 is 0 Å². The van der Waals surface area contributed by atoms with Crippen LogP contribution >= 0.6 is 34.8 Å². The number of amides is 1. The van der Waals surface area contributed by atoms with Crippen LogP contribution in [-0.4, -0.2) is 41.7 Å². The van der Waals surface area contributed by atoms with Gasteiger partial charge in [-0.05, 0) is 5.56 Å². The van der Waals surface area contributed by atoms with Gasteiger partial charge in [0.15, 0.2) is 9.84 Å². The zero-order chi connectivity index (χ0) is 16.4. The molecule has 1 fully saturated rings.